The van der Waals surface area contributed by atoms with Crippen LogP contribution in [-0.2, 0) is 4.79 Å². The van der Waals surface area contributed by atoms with E-state index < -0.39 is 0 Å². The van der Waals surface area contributed by atoms with Crippen LogP contribution in [0.15, 0.2) is 0 Å². The fraction of sp³-hybridized carbons (Fsp3) is 0.941. The molecule has 3 nitrogen and oxygen atoms in total. The van der Waals surface area contributed by atoms with Crippen molar-refractivity contribution in [1.82, 2.24) is 10.2 Å². The fourth-order valence-corrected chi connectivity index (χ4v) is 5.54. The first-order valence-corrected chi connectivity index (χ1v) is 8.88. The maximum Gasteiger partial charge on any atom is 0.240 e. The highest BCUT2D eigenvalue weighted by atomic mass is 16.2. The Balaban J connectivity index is 1.49. The van der Waals surface area contributed by atoms with Gasteiger partial charge in [-0.1, -0.05) is 19.3 Å². The highest BCUT2D eigenvalue weighted by Gasteiger charge is 2.46. The third-order valence-corrected chi connectivity index (χ3v) is 6.54. The van der Waals surface area contributed by atoms with Gasteiger partial charge in [-0.05, 0) is 62.8 Å². The molecule has 2 aliphatic heterocycles. The summed E-state index contributed by atoms with van der Waals surface area (Å²) >= 11 is 0. The molecule has 0 spiro atoms. The molecule has 112 valence electrons. The Morgan fingerprint density at radius 2 is 1.70 bits per heavy atom. The van der Waals surface area contributed by atoms with Gasteiger partial charge in [0.25, 0.3) is 0 Å². The Morgan fingerprint density at radius 1 is 0.900 bits per heavy atom. The van der Waals surface area contributed by atoms with Crippen LogP contribution in [0.1, 0.15) is 57.8 Å². The molecule has 4 aliphatic rings. The maximum absolute atomic E-state index is 13.1. The second-order valence-corrected chi connectivity index (χ2v) is 7.53. The van der Waals surface area contributed by atoms with E-state index in [4.69, 9.17) is 0 Å². The molecule has 0 aromatic rings. The van der Waals surface area contributed by atoms with Crippen LogP contribution in [0.5, 0.6) is 0 Å². The quantitative estimate of drug-likeness (QED) is 0.798. The van der Waals surface area contributed by atoms with E-state index in [-0.39, 0.29) is 6.04 Å². The predicted octanol–water partition coefficient (Wildman–Crippen LogP) is 2.56. The number of carbonyl (C=O) groups excluding carboxylic acids is 1. The fourth-order valence-electron chi connectivity index (χ4n) is 5.54. The monoisotopic (exact) mass is 276 g/mol. The zero-order valence-corrected chi connectivity index (χ0v) is 12.5. The van der Waals surface area contributed by atoms with Crippen molar-refractivity contribution < 1.29 is 4.79 Å². The van der Waals surface area contributed by atoms with E-state index in [1.165, 1.54) is 57.8 Å². The zero-order chi connectivity index (χ0) is 13.5. The molecule has 0 bridgehead atoms. The van der Waals surface area contributed by atoms with Crippen LogP contribution in [0, 0.1) is 17.8 Å². The average Bonchev–Trinajstić information content (AvgIpc) is 3.09. The number of hydrogen-bond acceptors (Lipinski definition) is 2. The molecule has 1 amide bonds. The molecule has 0 radical (unpaired) electrons. The molecule has 5 atom stereocenters. The lowest BCUT2D eigenvalue weighted by atomic mass is 9.78. The first-order chi connectivity index (χ1) is 9.84. The van der Waals surface area contributed by atoms with Crippen molar-refractivity contribution >= 4 is 5.91 Å². The van der Waals surface area contributed by atoms with Gasteiger partial charge < -0.3 is 10.2 Å². The van der Waals surface area contributed by atoms with E-state index in [1.807, 2.05) is 0 Å². The number of nitrogens with one attached hydrogen (secondary N) is 1. The van der Waals surface area contributed by atoms with Crippen molar-refractivity contribution in [3.63, 3.8) is 0 Å². The van der Waals surface area contributed by atoms with E-state index in [9.17, 15) is 4.79 Å². The SMILES string of the molecule is O=C(C1NCC2CCCC21)N1CCCC2CCCCC21. The topological polar surface area (TPSA) is 32.3 Å². The van der Waals surface area contributed by atoms with E-state index in [0.717, 1.165) is 24.9 Å². The van der Waals surface area contributed by atoms with E-state index >= 15 is 0 Å². The van der Waals surface area contributed by atoms with Gasteiger partial charge >= 0.3 is 0 Å². The lowest BCUT2D eigenvalue weighted by molar-refractivity contribution is -0.140. The highest BCUT2D eigenvalue weighted by Crippen LogP contribution is 2.40. The van der Waals surface area contributed by atoms with Gasteiger partial charge in [-0.3, -0.25) is 4.79 Å². The molecule has 3 heteroatoms. The van der Waals surface area contributed by atoms with Crippen molar-refractivity contribution in [3.8, 4) is 0 Å². The van der Waals surface area contributed by atoms with Crippen LogP contribution in [0.3, 0.4) is 0 Å². The Hall–Kier alpha value is -0.570. The largest absolute Gasteiger partial charge is 0.338 e. The summed E-state index contributed by atoms with van der Waals surface area (Å²) in [6, 6.07) is 0.732. The molecular formula is C17H28N2O. The summed E-state index contributed by atoms with van der Waals surface area (Å²) in [6.45, 7) is 2.11. The number of rotatable bonds is 1. The van der Waals surface area contributed by atoms with Gasteiger partial charge in [0, 0.05) is 12.6 Å². The second-order valence-electron chi connectivity index (χ2n) is 7.53. The maximum atomic E-state index is 13.1. The lowest BCUT2D eigenvalue weighted by Crippen LogP contribution is -2.55. The molecule has 20 heavy (non-hydrogen) atoms. The smallest absolute Gasteiger partial charge is 0.240 e. The molecule has 2 saturated carbocycles. The van der Waals surface area contributed by atoms with Crippen molar-refractivity contribution in [1.29, 1.82) is 0 Å². The number of fused-ring (bicyclic) bond motifs is 2. The van der Waals surface area contributed by atoms with Crippen LogP contribution in [0.25, 0.3) is 0 Å². The Labute approximate surface area is 122 Å². The summed E-state index contributed by atoms with van der Waals surface area (Å²) in [7, 11) is 0. The summed E-state index contributed by atoms with van der Waals surface area (Å²) in [5.74, 6) is 2.69. The molecule has 5 unspecified atom stereocenters. The molecule has 2 heterocycles. The van der Waals surface area contributed by atoms with E-state index in [2.05, 4.69) is 10.2 Å². The van der Waals surface area contributed by atoms with Crippen molar-refractivity contribution in [3.05, 3.63) is 0 Å². The molecular weight excluding hydrogens is 248 g/mol. The molecule has 4 rings (SSSR count). The van der Waals surface area contributed by atoms with Crippen LogP contribution < -0.4 is 5.32 Å². The Kier molecular flexibility index (Phi) is 3.49. The number of likely N-dealkylation sites (tertiary alicyclic amines) is 1. The number of nitrogens with zero attached hydrogens (tertiary/aromatic N) is 1. The van der Waals surface area contributed by atoms with Crippen LogP contribution >= 0.6 is 0 Å². The highest BCUT2D eigenvalue weighted by molar-refractivity contribution is 5.83. The standard InChI is InChI=1S/C17H28N2O/c20-17(16-14-8-3-6-13(14)11-18-16)19-10-4-7-12-5-1-2-9-15(12)19/h12-16,18H,1-11H2. The van der Waals surface area contributed by atoms with Gasteiger partial charge in [0.2, 0.25) is 5.91 Å². The molecule has 1 N–H and O–H groups in total. The van der Waals surface area contributed by atoms with Crippen molar-refractivity contribution in [2.75, 3.05) is 13.1 Å². The molecule has 0 aromatic heterocycles. The van der Waals surface area contributed by atoms with Gasteiger partial charge in [-0.25, -0.2) is 0 Å². The summed E-state index contributed by atoms with van der Waals surface area (Å²) in [4.78, 5) is 15.4. The Morgan fingerprint density at radius 3 is 2.65 bits per heavy atom. The molecule has 0 aromatic carbocycles. The normalized spacial score (nSPS) is 44.2. The third kappa shape index (κ3) is 2.09. The number of piperidine rings is 1. The van der Waals surface area contributed by atoms with Crippen LogP contribution in [-0.4, -0.2) is 36.0 Å². The minimum atomic E-state index is 0.156. The summed E-state index contributed by atoms with van der Waals surface area (Å²) in [6.07, 6.45) is 11.9. The summed E-state index contributed by atoms with van der Waals surface area (Å²) in [5, 5.41) is 3.56. The first kappa shape index (κ1) is 13.1. The van der Waals surface area contributed by atoms with E-state index in [0.29, 0.717) is 17.9 Å². The van der Waals surface area contributed by atoms with Crippen molar-refractivity contribution in [2.45, 2.75) is 69.9 Å². The minimum Gasteiger partial charge on any atom is -0.338 e. The van der Waals surface area contributed by atoms with Gasteiger partial charge in [-0.2, -0.15) is 0 Å². The number of amides is 1. The van der Waals surface area contributed by atoms with Crippen molar-refractivity contribution in [2.24, 2.45) is 17.8 Å². The predicted molar refractivity (Wildman–Crippen MR) is 79.3 cm³/mol. The van der Waals surface area contributed by atoms with E-state index in [1.54, 1.807) is 0 Å². The zero-order valence-electron chi connectivity index (χ0n) is 12.5. The van der Waals surface area contributed by atoms with Crippen LogP contribution in [0.4, 0.5) is 0 Å². The number of hydrogen-bond donors (Lipinski definition) is 1. The Bertz CT molecular complexity index is 381. The van der Waals surface area contributed by atoms with Gasteiger partial charge in [0.05, 0.1) is 6.04 Å². The third-order valence-electron chi connectivity index (χ3n) is 6.54. The van der Waals surface area contributed by atoms with Gasteiger partial charge in [0.15, 0.2) is 0 Å². The molecule has 4 fully saturated rings. The summed E-state index contributed by atoms with van der Waals surface area (Å²) in [5.41, 5.74) is 0. The summed E-state index contributed by atoms with van der Waals surface area (Å²) < 4.78 is 0. The van der Waals surface area contributed by atoms with Gasteiger partial charge in [0.1, 0.15) is 0 Å². The molecule has 2 saturated heterocycles. The molecule has 2 aliphatic carbocycles. The minimum absolute atomic E-state index is 0.156. The second kappa shape index (κ2) is 5.32. The lowest BCUT2D eigenvalue weighted by Gasteiger charge is -2.45. The van der Waals surface area contributed by atoms with Gasteiger partial charge in [-0.15, -0.1) is 0 Å². The number of carbonyl (C=O) groups is 1. The van der Waals surface area contributed by atoms with Crippen LogP contribution in [0.2, 0.25) is 0 Å². The first-order valence-electron chi connectivity index (χ1n) is 8.88. The average molecular weight is 276 g/mol.